The Bertz CT molecular complexity index is 475. The molecule has 0 spiro atoms. The Labute approximate surface area is 127 Å². The van der Waals surface area contributed by atoms with Crippen LogP contribution in [0.15, 0.2) is 6.20 Å². The average molecular weight is 293 g/mol. The van der Waals surface area contributed by atoms with Gasteiger partial charge >= 0.3 is 0 Å². The SMILES string of the molecule is CCCCC(CCC)NCc1ncc(C)c([N+](=O)[O-])c1C. The summed E-state index contributed by atoms with van der Waals surface area (Å²) in [6, 6.07) is 0.469. The van der Waals surface area contributed by atoms with Crippen molar-refractivity contribution in [2.75, 3.05) is 0 Å². The van der Waals surface area contributed by atoms with Gasteiger partial charge < -0.3 is 5.32 Å². The largest absolute Gasteiger partial charge is 0.308 e. The first-order chi connectivity index (χ1) is 10.0. The highest BCUT2D eigenvalue weighted by atomic mass is 16.6. The van der Waals surface area contributed by atoms with E-state index in [2.05, 4.69) is 24.1 Å². The molecule has 1 unspecified atom stereocenters. The number of nitrogens with zero attached hydrogens (tertiary/aromatic N) is 2. The Morgan fingerprint density at radius 1 is 1.29 bits per heavy atom. The van der Waals surface area contributed by atoms with Gasteiger partial charge in [-0.2, -0.15) is 0 Å². The van der Waals surface area contributed by atoms with Gasteiger partial charge in [-0.25, -0.2) is 0 Å². The molecule has 0 aliphatic heterocycles. The lowest BCUT2D eigenvalue weighted by Gasteiger charge is -2.18. The molecule has 21 heavy (non-hydrogen) atoms. The molecule has 1 atom stereocenters. The molecule has 0 aliphatic rings. The maximum Gasteiger partial charge on any atom is 0.278 e. The third-order valence-corrected chi connectivity index (χ3v) is 3.86. The first kappa shape index (κ1) is 17.6. The summed E-state index contributed by atoms with van der Waals surface area (Å²) in [5, 5.41) is 14.6. The van der Waals surface area contributed by atoms with Crippen molar-refractivity contribution in [1.29, 1.82) is 0 Å². The van der Waals surface area contributed by atoms with Gasteiger partial charge in [0.15, 0.2) is 0 Å². The second kappa shape index (κ2) is 8.72. The number of pyridine rings is 1. The van der Waals surface area contributed by atoms with Crippen molar-refractivity contribution >= 4 is 5.69 Å². The summed E-state index contributed by atoms with van der Waals surface area (Å²) in [4.78, 5) is 15.2. The molecule has 1 rings (SSSR count). The van der Waals surface area contributed by atoms with Crippen molar-refractivity contribution in [3.8, 4) is 0 Å². The Balaban J connectivity index is 2.78. The van der Waals surface area contributed by atoms with Crippen LogP contribution in [-0.4, -0.2) is 15.9 Å². The second-order valence-corrected chi connectivity index (χ2v) is 5.63. The maximum atomic E-state index is 11.1. The van der Waals surface area contributed by atoms with Crippen molar-refractivity contribution in [1.82, 2.24) is 10.3 Å². The third kappa shape index (κ3) is 5.08. The van der Waals surface area contributed by atoms with Gasteiger partial charge in [-0.1, -0.05) is 33.1 Å². The summed E-state index contributed by atoms with van der Waals surface area (Å²) >= 11 is 0. The van der Waals surface area contributed by atoms with Gasteiger partial charge in [0.05, 0.1) is 10.6 Å². The molecule has 118 valence electrons. The molecule has 0 saturated heterocycles. The van der Waals surface area contributed by atoms with Gasteiger partial charge in [0, 0.05) is 29.9 Å². The molecule has 0 fully saturated rings. The van der Waals surface area contributed by atoms with E-state index in [0.29, 0.717) is 23.7 Å². The van der Waals surface area contributed by atoms with E-state index in [-0.39, 0.29) is 10.6 Å². The van der Waals surface area contributed by atoms with Gasteiger partial charge in [-0.3, -0.25) is 15.1 Å². The molecular formula is C16H27N3O2. The summed E-state index contributed by atoms with van der Waals surface area (Å²) < 4.78 is 0. The summed E-state index contributed by atoms with van der Waals surface area (Å²) in [6.45, 7) is 8.49. The van der Waals surface area contributed by atoms with Gasteiger partial charge in [0.1, 0.15) is 0 Å². The zero-order chi connectivity index (χ0) is 15.8. The summed E-state index contributed by atoms with van der Waals surface area (Å²) in [7, 11) is 0. The molecule has 0 bridgehead atoms. The lowest BCUT2D eigenvalue weighted by atomic mass is 10.0. The minimum atomic E-state index is -0.309. The Morgan fingerprint density at radius 2 is 2.00 bits per heavy atom. The standard InChI is InChI=1S/C16H27N3O2/c1-5-7-9-14(8-6-2)17-11-15-13(4)16(19(20)21)12(3)10-18-15/h10,14,17H,5-9,11H2,1-4H3. The van der Waals surface area contributed by atoms with Crippen LogP contribution < -0.4 is 5.32 Å². The monoisotopic (exact) mass is 293 g/mol. The first-order valence-corrected chi connectivity index (χ1v) is 7.84. The number of nitro groups is 1. The Kier molecular flexibility index (Phi) is 7.29. The number of unbranched alkanes of at least 4 members (excludes halogenated alkanes) is 1. The normalized spacial score (nSPS) is 12.4. The lowest BCUT2D eigenvalue weighted by molar-refractivity contribution is -0.386. The zero-order valence-electron chi connectivity index (χ0n) is 13.6. The van der Waals surface area contributed by atoms with E-state index in [1.807, 2.05) is 0 Å². The molecule has 1 aromatic rings. The molecule has 5 nitrogen and oxygen atoms in total. The number of aryl methyl sites for hydroxylation is 1. The topological polar surface area (TPSA) is 68.1 Å². The van der Waals surface area contributed by atoms with Gasteiger partial charge in [0.25, 0.3) is 5.69 Å². The summed E-state index contributed by atoms with van der Waals surface area (Å²) in [5.74, 6) is 0. The third-order valence-electron chi connectivity index (χ3n) is 3.86. The molecule has 5 heteroatoms. The maximum absolute atomic E-state index is 11.1. The van der Waals surface area contributed by atoms with Crippen LogP contribution in [0.3, 0.4) is 0 Å². The van der Waals surface area contributed by atoms with E-state index >= 15 is 0 Å². The molecule has 1 N–H and O–H groups in total. The van der Waals surface area contributed by atoms with Crippen LogP contribution in [0, 0.1) is 24.0 Å². The highest BCUT2D eigenvalue weighted by Gasteiger charge is 2.19. The lowest BCUT2D eigenvalue weighted by Crippen LogP contribution is -2.29. The van der Waals surface area contributed by atoms with Gasteiger partial charge in [-0.15, -0.1) is 0 Å². The van der Waals surface area contributed by atoms with Crippen LogP contribution in [0.4, 0.5) is 5.69 Å². The van der Waals surface area contributed by atoms with Crippen LogP contribution in [0.2, 0.25) is 0 Å². The molecular weight excluding hydrogens is 266 g/mol. The first-order valence-electron chi connectivity index (χ1n) is 7.84. The van der Waals surface area contributed by atoms with Crippen molar-refractivity contribution in [2.45, 2.75) is 72.4 Å². The predicted octanol–water partition coefficient (Wildman–Crippen LogP) is 4.06. The van der Waals surface area contributed by atoms with E-state index in [1.165, 1.54) is 12.8 Å². The van der Waals surface area contributed by atoms with Crippen molar-refractivity contribution in [3.63, 3.8) is 0 Å². The fourth-order valence-electron chi connectivity index (χ4n) is 2.61. The smallest absolute Gasteiger partial charge is 0.278 e. The number of hydrogen-bond acceptors (Lipinski definition) is 4. The molecule has 0 amide bonds. The van der Waals surface area contributed by atoms with Crippen LogP contribution in [0.5, 0.6) is 0 Å². The zero-order valence-corrected chi connectivity index (χ0v) is 13.6. The van der Waals surface area contributed by atoms with E-state index in [1.54, 1.807) is 20.0 Å². The number of nitrogens with one attached hydrogen (secondary N) is 1. The Morgan fingerprint density at radius 3 is 2.57 bits per heavy atom. The molecule has 0 aliphatic carbocycles. The molecule has 1 aromatic heterocycles. The predicted molar refractivity (Wildman–Crippen MR) is 85.4 cm³/mol. The Hall–Kier alpha value is -1.49. The minimum Gasteiger partial charge on any atom is -0.308 e. The average Bonchev–Trinajstić information content (AvgIpc) is 2.43. The summed E-state index contributed by atoms with van der Waals surface area (Å²) in [6.07, 6.45) is 7.42. The quantitative estimate of drug-likeness (QED) is 0.551. The molecule has 0 radical (unpaired) electrons. The van der Waals surface area contributed by atoms with Crippen molar-refractivity contribution in [2.24, 2.45) is 0 Å². The molecule has 1 heterocycles. The second-order valence-electron chi connectivity index (χ2n) is 5.63. The van der Waals surface area contributed by atoms with E-state index in [0.717, 1.165) is 25.0 Å². The number of aromatic nitrogens is 1. The fourth-order valence-corrected chi connectivity index (χ4v) is 2.61. The highest BCUT2D eigenvalue weighted by Crippen LogP contribution is 2.24. The molecule has 0 saturated carbocycles. The van der Waals surface area contributed by atoms with Crippen LogP contribution in [0.25, 0.3) is 0 Å². The van der Waals surface area contributed by atoms with Gasteiger partial charge in [-0.05, 0) is 26.7 Å². The van der Waals surface area contributed by atoms with Crippen molar-refractivity contribution in [3.05, 3.63) is 33.1 Å². The number of hydrogen-bond donors (Lipinski definition) is 1. The van der Waals surface area contributed by atoms with Crippen LogP contribution >= 0.6 is 0 Å². The van der Waals surface area contributed by atoms with Crippen LogP contribution in [0.1, 0.15) is 62.8 Å². The van der Waals surface area contributed by atoms with Gasteiger partial charge in [0.2, 0.25) is 0 Å². The molecule has 0 aromatic carbocycles. The van der Waals surface area contributed by atoms with E-state index in [9.17, 15) is 10.1 Å². The fraction of sp³-hybridized carbons (Fsp3) is 0.688. The van der Waals surface area contributed by atoms with E-state index < -0.39 is 0 Å². The number of rotatable bonds is 9. The highest BCUT2D eigenvalue weighted by molar-refractivity contribution is 5.47. The minimum absolute atomic E-state index is 0.197. The van der Waals surface area contributed by atoms with Crippen molar-refractivity contribution < 1.29 is 4.92 Å². The summed E-state index contributed by atoms with van der Waals surface area (Å²) in [5.41, 5.74) is 2.28. The van der Waals surface area contributed by atoms with E-state index in [4.69, 9.17) is 0 Å². The van der Waals surface area contributed by atoms with Crippen LogP contribution in [-0.2, 0) is 6.54 Å².